The highest BCUT2D eigenvalue weighted by molar-refractivity contribution is 7.47. The average Bonchev–Trinajstić information content (AvgIpc) is 1.41. The van der Waals surface area contributed by atoms with Crippen molar-refractivity contribution in [3.8, 4) is 0 Å². The highest BCUT2D eigenvalue weighted by atomic mass is 31.2. The lowest BCUT2D eigenvalue weighted by atomic mass is 9.99. The minimum Gasteiger partial charge on any atom is -0.462 e. The van der Waals surface area contributed by atoms with Gasteiger partial charge in [0.25, 0.3) is 0 Å². The molecule has 0 aromatic heterocycles. The van der Waals surface area contributed by atoms with Gasteiger partial charge < -0.3 is 33.8 Å². The Kier molecular flexibility index (Phi) is 65.9. The van der Waals surface area contributed by atoms with Crippen LogP contribution >= 0.6 is 15.6 Å². The first-order chi connectivity index (χ1) is 46.6. The SMILES string of the molecule is CCC(C)CCCCCCCCCCCCCCCCC(=O)OC[C@H](COP(=O)(O)OCC(O)COP(=O)(O)OC[C@@H](COC(=O)CCCCCCCCC(C)C)OC(=O)CCCCCCCCCCCCCCCCCCC(C)C)OC(=O)CCCCCCCCCCC(C)C. The zero-order valence-electron chi connectivity index (χ0n) is 63.7. The van der Waals surface area contributed by atoms with Gasteiger partial charge in [0.1, 0.15) is 19.3 Å². The number of ether oxygens (including phenoxy) is 4. The maximum Gasteiger partial charge on any atom is 0.472 e. The minimum atomic E-state index is -4.96. The maximum absolute atomic E-state index is 13.1. The van der Waals surface area contributed by atoms with E-state index in [0.717, 1.165) is 114 Å². The molecule has 0 bridgehead atoms. The second-order valence-electron chi connectivity index (χ2n) is 29.8. The molecule has 0 aliphatic carbocycles. The van der Waals surface area contributed by atoms with Gasteiger partial charge in [0, 0.05) is 25.7 Å². The molecule has 0 saturated carbocycles. The number of unbranched alkanes of at least 4 members (excludes halogenated alkanes) is 40. The minimum absolute atomic E-state index is 0.104. The third-order valence-corrected chi connectivity index (χ3v) is 20.3. The van der Waals surface area contributed by atoms with Gasteiger partial charge in [0.15, 0.2) is 12.2 Å². The summed E-state index contributed by atoms with van der Waals surface area (Å²) in [6, 6.07) is 0. The molecule has 0 aliphatic rings. The molecule has 0 aromatic rings. The summed E-state index contributed by atoms with van der Waals surface area (Å²) in [5.41, 5.74) is 0. The molecular weight excluding hydrogens is 1270 g/mol. The Morgan fingerprint density at radius 2 is 0.495 bits per heavy atom. The van der Waals surface area contributed by atoms with Gasteiger partial charge in [-0.1, -0.05) is 344 Å². The molecule has 0 aromatic carbocycles. The van der Waals surface area contributed by atoms with Crippen LogP contribution in [0.15, 0.2) is 0 Å². The molecule has 6 atom stereocenters. The lowest BCUT2D eigenvalue weighted by Crippen LogP contribution is -2.30. The van der Waals surface area contributed by atoms with E-state index in [4.69, 9.17) is 37.0 Å². The first kappa shape index (κ1) is 95.1. The first-order valence-electron chi connectivity index (χ1n) is 40.2. The average molecular weight is 1420 g/mol. The summed E-state index contributed by atoms with van der Waals surface area (Å²) < 4.78 is 68.5. The summed E-state index contributed by atoms with van der Waals surface area (Å²) in [4.78, 5) is 72.8. The van der Waals surface area contributed by atoms with Gasteiger partial charge in [-0.25, -0.2) is 9.13 Å². The number of aliphatic hydroxyl groups excluding tert-OH is 1. The van der Waals surface area contributed by atoms with Crippen LogP contribution in [0.5, 0.6) is 0 Å². The summed E-state index contributed by atoms with van der Waals surface area (Å²) in [7, 11) is -9.91. The molecule has 0 amide bonds. The zero-order chi connectivity index (χ0) is 71.7. The van der Waals surface area contributed by atoms with Crippen LogP contribution in [0.4, 0.5) is 0 Å². The fraction of sp³-hybridized carbons (Fsp3) is 0.949. The van der Waals surface area contributed by atoms with Crippen molar-refractivity contribution in [3.63, 3.8) is 0 Å². The van der Waals surface area contributed by atoms with E-state index < -0.39 is 97.5 Å². The Morgan fingerprint density at radius 3 is 0.732 bits per heavy atom. The third kappa shape index (κ3) is 70.9. The van der Waals surface area contributed by atoms with Crippen LogP contribution in [0, 0.1) is 23.7 Å². The number of carbonyl (C=O) groups is 4. The molecule has 4 unspecified atom stereocenters. The van der Waals surface area contributed by atoms with E-state index >= 15 is 0 Å². The molecule has 19 heteroatoms. The van der Waals surface area contributed by atoms with Crippen molar-refractivity contribution in [2.45, 2.75) is 414 Å². The van der Waals surface area contributed by atoms with Crippen molar-refractivity contribution in [3.05, 3.63) is 0 Å². The third-order valence-electron chi connectivity index (χ3n) is 18.4. The number of phosphoric ester groups is 2. The van der Waals surface area contributed by atoms with Crippen molar-refractivity contribution in [1.29, 1.82) is 0 Å². The van der Waals surface area contributed by atoms with Crippen molar-refractivity contribution in [2.75, 3.05) is 39.6 Å². The normalized spacial score (nSPS) is 14.4. The van der Waals surface area contributed by atoms with Crippen molar-refractivity contribution in [1.82, 2.24) is 0 Å². The molecule has 3 N–H and O–H groups in total. The predicted molar refractivity (Wildman–Crippen MR) is 395 cm³/mol. The van der Waals surface area contributed by atoms with Crippen molar-refractivity contribution in [2.24, 2.45) is 23.7 Å². The monoisotopic (exact) mass is 1420 g/mol. The molecule has 0 saturated heterocycles. The van der Waals surface area contributed by atoms with Gasteiger partial charge in [-0.05, 0) is 49.4 Å². The second-order valence-corrected chi connectivity index (χ2v) is 32.7. The van der Waals surface area contributed by atoms with Gasteiger partial charge in [0.05, 0.1) is 26.4 Å². The van der Waals surface area contributed by atoms with Crippen LogP contribution in [0.3, 0.4) is 0 Å². The molecule has 0 heterocycles. The molecule has 0 radical (unpaired) electrons. The highest BCUT2D eigenvalue weighted by Crippen LogP contribution is 2.45. The molecule has 0 aliphatic heterocycles. The van der Waals surface area contributed by atoms with E-state index in [1.807, 2.05) is 0 Å². The number of rotatable bonds is 75. The number of hydrogen-bond donors (Lipinski definition) is 3. The summed E-state index contributed by atoms with van der Waals surface area (Å²) in [6.45, 7) is 14.2. The number of phosphoric acid groups is 2. The van der Waals surface area contributed by atoms with E-state index in [1.165, 1.54) is 193 Å². The first-order valence-corrected chi connectivity index (χ1v) is 43.2. The van der Waals surface area contributed by atoms with Crippen molar-refractivity contribution >= 4 is 39.5 Å². The number of carbonyl (C=O) groups excluding carboxylic acids is 4. The Labute approximate surface area is 594 Å². The zero-order valence-corrected chi connectivity index (χ0v) is 65.5. The van der Waals surface area contributed by atoms with Crippen LogP contribution in [-0.2, 0) is 65.4 Å². The van der Waals surface area contributed by atoms with Gasteiger partial charge in [-0.3, -0.25) is 37.3 Å². The fourth-order valence-electron chi connectivity index (χ4n) is 11.9. The van der Waals surface area contributed by atoms with Gasteiger partial charge in [-0.15, -0.1) is 0 Å². The summed E-state index contributed by atoms with van der Waals surface area (Å²) in [5, 5.41) is 10.6. The Hall–Kier alpha value is -1.94. The van der Waals surface area contributed by atoms with E-state index in [1.54, 1.807) is 0 Å². The maximum atomic E-state index is 13.1. The van der Waals surface area contributed by atoms with Crippen LogP contribution < -0.4 is 0 Å². The second kappa shape index (κ2) is 67.2. The fourth-order valence-corrected chi connectivity index (χ4v) is 13.5. The highest BCUT2D eigenvalue weighted by Gasteiger charge is 2.30. The number of hydrogen-bond acceptors (Lipinski definition) is 15. The smallest absolute Gasteiger partial charge is 0.462 e. The Bertz CT molecular complexity index is 1900. The molecule has 0 spiro atoms. The van der Waals surface area contributed by atoms with Gasteiger partial charge in [-0.2, -0.15) is 0 Å². The van der Waals surface area contributed by atoms with E-state index in [-0.39, 0.29) is 25.7 Å². The van der Waals surface area contributed by atoms with Crippen molar-refractivity contribution < 1.29 is 80.2 Å². The number of esters is 4. The standard InChI is InChI=1S/C78H152O17P2/c1-9-71(8)57-49-41-32-25-21-17-14-15-18-22-26-33-42-50-58-75(80)88-64-73(95-78(83)61-53-45-35-29-28-31-39-47-55-69(4)5)66-92-96(84,85)90-62-72(79)63-91-97(86,87)93-67-74(65-89-76(81)59-51-43-37-36-40-48-56-70(6)7)94-77(82)60-52-44-34-27-23-19-13-11-10-12-16-20-24-30-38-46-54-68(2)3/h68-74,79H,9-67H2,1-8H3,(H,84,85)(H,86,87)/t71?,72?,73-,74-/m1/s1. The molecule has 17 nitrogen and oxygen atoms in total. The Morgan fingerprint density at radius 1 is 0.289 bits per heavy atom. The molecule has 0 fully saturated rings. The van der Waals surface area contributed by atoms with Crippen LogP contribution in [-0.4, -0.2) is 96.7 Å². The summed E-state index contributed by atoms with van der Waals surface area (Å²) >= 11 is 0. The van der Waals surface area contributed by atoms with E-state index in [2.05, 4.69) is 55.4 Å². The lowest BCUT2D eigenvalue weighted by Gasteiger charge is -2.21. The number of aliphatic hydroxyl groups is 1. The molecule has 0 rings (SSSR count). The quantitative estimate of drug-likeness (QED) is 0.0222. The van der Waals surface area contributed by atoms with Crippen LogP contribution in [0.1, 0.15) is 396 Å². The largest absolute Gasteiger partial charge is 0.472 e. The molecule has 97 heavy (non-hydrogen) atoms. The van der Waals surface area contributed by atoms with Gasteiger partial charge in [0.2, 0.25) is 0 Å². The topological polar surface area (TPSA) is 237 Å². The molecular formula is C78H152O17P2. The summed E-state index contributed by atoms with van der Waals surface area (Å²) in [5.74, 6) is 0.935. The Balaban J connectivity index is 5.17. The van der Waals surface area contributed by atoms with Crippen LogP contribution in [0.2, 0.25) is 0 Å². The van der Waals surface area contributed by atoms with E-state index in [9.17, 15) is 43.2 Å². The van der Waals surface area contributed by atoms with Crippen LogP contribution in [0.25, 0.3) is 0 Å². The molecule has 576 valence electrons. The van der Waals surface area contributed by atoms with E-state index in [0.29, 0.717) is 31.6 Å². The predicted octanol–water partition coefficient (Wildman–Crippen LogP) is 22.8. The lowest BCUT2D eigenvalue weighted by molar-refractivity contribution is -0.161. The summed E-state index contributed by atoms with van der Waals surface area (Å²) in [6.07, 6.45) is 53.0. The van der Waals surface area contributed by atoms with Gasteiger partial charge >= 0.3 is 39.5 Å².